The Balaban J connectivity index is 1.79. The van der Waals surface area contributed by atoms with E-state index in [0.29, 0.717) is 22.5 Å². The van der Waals surface area contributed by atoms with Crippen LogP contribution in [0.3, 0.4) is 0 Å². The first-order valence-corrected chi connectivity index (χ1v) is 10.6. The number of carbonyl (C=O) groups is 1. The van der Waals surface area contributed by atoms with Crippen LogP contribution in [-0.2, 0) is 7.05 Å². The van der Waals surface area contributed by atoms with Crippen LogP contribution < -0.4 is 11.1 Å². The van der Waals surface area contributed by atoms with Gasteiger partial charge in [-0.25, -0.2) is 28.1 Å². The molecule has 3 heterocycles. The minimum atomic E-state index is -2.72. The average molecular weight is 490 g/mol. The molecule has 0 saturated heterocycles. The van der Waals surface area contributed by atoms with Gasteiger partial charge in [-0.15, -0.1) is 0 Å². The van der Waals surface area contributed by atoms with Crippen LogP contribution in [0.2, 0.25) is 0 Å². The number of nitrogens with one attached hydrogen (secondary N) is 1. The Morgan fingerprint density at radius 3 is 2.72 bits per heavy atom. The van der Waals surface area contributed by atoms with Gasteiger partial charge in [0, 0.05) is 24.4 Å². The molecule has 0 aliphatic carbocycles. The third kappa shape index (κ3) is 3.86. The summed E-state index contributed by atoms with van der Waals surface area (Å²) in [5.41, 5.74) is 9.31. The minimum Gasteiger partial charge on any atom is -0.381 e. The number of hydrogen-bond donors (Lipinski definition) is 2. The van der Waals surface area contributed by atoms with Gasteiger partial charge in [0.15, 0.2) is 11.5 Å². The van der Waals surface area contributed by atoms with Crippen LogP contribution in [0, 0.1) is 17.1 Å². The predicted octanol–water partition coefficient (Wildman–Crippen LogP) is 3.54. The number of halogens is 3. The Bertz CT molecular complexity index is 1700. The van der Waals surface area contributed by atoms with Crippen molar-refractivity contribution in [3.63, 3.8) is 0 Å². The molecule has 5 rings (SSSR count). The van der Waals surface area contributed by atoms with Crippen molar-refractivity contribution in [1.29, 1.82) is 5.26 Å². The van der Waals surface area contributed by atoms with E-state index in [9.17, 15) is 23.2 Å². The van der Waals surface area contributed by atoms with E-state index in [1.807, 2.05) is 23.8 Å². The van der Waals surface area contributed by atoms with Crippen molar-refractivity contribution in [2.75, 3.05) is 12.3 Å². The summed E-state index contributed by atoms with van der Waals surface area (Å²) in [6, 6.07) is 11.2. The fourth-order valence-corrected chi connectivity index (χ4v) is 3.95. The second kappa shape index (κ2) is 8.70. The Labute approximate surface area is 201 Å². The minimum absolute atomic E-state index is 0.0499. The first-order valence-electron chi connectivity index (χ1n) is 10.6. The maximum Gasteiger partial charge on any atom is 0.271 e. The number of imidazole rings is 2. The molecule has 0 unspecified atom stereocenters. The number of nitriles is 1. The van der Waals surface area contributed by atoms with Gasteiger partial charge >= 0.3 is 0 Å². The van der Waals surface area contributed by atoms with Gasteiger partial charge in [0.1, 0.15) is 17.6 Å². The van der Waals surface area contributed by atoms with Crippen LogP contribution in [0.15, 0.2) is 48.9 Å². The monoisotopic (exact) mass is 490 g/mol. The molecule has 0 aliphatic rings. The molecular formula is C24H17F3N8O. The van der Waals surface area contributed by atoms with Gasteiger partial charge in [-0.1, -0.05) is 6.07 Å². The number of nitrogen functional groups attached to an aromatic ring is 1. The molecule has 180 valence electrons. The summed E-state index contributed by atoms with van der Waals surface area (Å²) in [6.45, 7) is -0.831. The third-order valence-corrected chi connectivity index (χ3v) is 5.64. The highest BCUT2D eigenvalue weighted by atomic mass is 19.3. The van der Waals surface area contributed by atoms with Crippen LogP contribution in [0.25, 0.3) is 39.2 Å². The number of aromatic nitrogens is 5. The van der Waals surface area contributed by atoms with Crippen molar-refractivity contribution in [1.82, 2.24) is 29.2 Å². The summed E-state index contributed by atoms with van der Waals surface area (Å²) in [5.74, 6) is -1.54. The van der Waals surface area contributed by atoms with Gasteiger partial charge in [-0.2, -0.15) is 5.26 Å². The molecule has 0 spiro atoms. The van der Waals surface area contributed by atoms with Crippen LogP contribution >= 0.6 is 0 Å². The Morgan fingerprint density at radius 2 is 1.97 bits per heavy atom. The highest BCUT2D eigenvalue weighted by molar-refractivity contribution is 5.95. The standard InChI is InChI=1S/C24H17F3N8O/c1-34-11-31-16-5-3-13(7-18(16)34)21-20(12-2-4-15(25)14(6-12)8-28)33-22(29)23-32-17(10-35(21)23)24(36)30-9-19(26)27/h2-7,10-11,19H,9H2,1H3,(H2,29,33)(H,30,36). The maximum absolute atomic E-state index is 14.1. The molecule has 9 nitrogen and oxygen atoms in total. The van der Waals surface area contributed by atoms with Gasteiger partial charge < -0.3 is 15.6 Å². The zero-order valence-corrected chi connectivity index (χ0v) is 18.7. The zero-order valence-electron chi connectivity index (χ0n) is 18.7. The number of hydrogen-bond acceptors (Lipinski definition) is 6. The summed E-state index contributed by atoms with van der Waals surface area (Å²) in [5, 5.41) is 11.4. The lowest BCUT2D eigenvalue weighted by Gasteiger charge is -2.14. The molecule has 0 aliphatic heterocycles. The molecule has 0 radical (unpaired) electrons. The first kappa shape index (κ1) is 22.9. The molecular weight excluding hydrogens is 473 g/mol. The van der Waals surface area contributed by atoms with Crippen molar-refractivity contribution >= 4 is 28.4 Å². The summed E-state index contributed by atoms with van der Waals surface area (Å²) < 4.78 is 42.6. The van der Waals surface area contributed by atoms with Gasteiger partial charge in [0.25, 0.3) is 12.3 Å². The fraction of sp³-hybridized carbons (Fsp3) is 0.125. The number of anilines is 1. The number of alkyl halides is 2. The molecule has 12 heteroatoms. The molecule has 1 amide bonds. The molecule has 0 bridgehead atoms. The van der Waals surface area contributed by atoms with Crippen LogP contribution in [0.4, 0.5) is 19.0 Å². The molecule has 36 heavy (non-hydrogen) atoms. The zero-order chi connectivity index (χ0) is 25.6. The lowest BCUT2D eigenvalue weighted by atomic mass is 10.0. The van der Waals surface area contributed by atoms with Gasteiger partial charge in [0.05, 0.1) is 40.9 Å². The maximum atomic E-state index is 14.1. The highest BCUT2D eigenvalue weighted by Gasteiger charge is 2.22. The lowest BCUT2D eigenvalue weighted by molar-refractivity contribution is 0.0887. The van der Waals surface area contributed by atoms with E-state index in [1.54, 1.807) is 18.5 Å². The molecule has 5 aromatic rings. The van der Waals surface area contributed by atoms with Gasteiger partial charge in [-0.3, -0.25) is 9.20 Å². The third-order valence-electron chi connectivity index (χ3n) is 5.64. The normalized spacial score (nSPS) is 11.3. The molecule has 0 fully saturated rings. The lowest BCUT2D eigenvalue weighted by Crippen LogP contribution is -2.28. The van der Waals surface area contributed by atoms with E-state index in [0.717, 1.165) is 17.1 Å². The SMILES string of the molecule is Cn1cnc2ccc(-c3c(-c4ccc(F)c(C#N)c4)nc(N)c4nc(C(=O)NCC(F)F)cn34)cc21. The quantitative estimate of drug-likeness (QED) is 0.388. The molecule has 2 aromatic carbocycles. The second-order valence-electron chi connectivity index (χ2n) is 7.98. The summed E-state index contributed by atoms with van der Waals surface area (Å²) >= 11 is 0. The van der Waals surface area contributed by atoms with Gasteiger partial charge in [0.2, 0.25) is 0 Å². The van der Waals surface area contributed by atoms with E-state index in [-0.39, 0.29) is 22.7 Å². The van der Waals surface area contributed by atoms with E-state index < -0.39 is 24.7 Å². The smallest absolute Gasteiger partial charge is 0.271 e. The summed E-state index contributed by atoms with van der Waals surface area (Å²) in [6.07, 6.45) is 0.307. The van der Waals surface area contributed by atoms with E-state index >= 15 is 0 Å². The van der Waals surface area contributed by atoms with Crippen molar-refractivity contribution in [2.24, 2.45) is 7.05 Å². The Morgan fingerprint density at radius 1 is 1.19 bits per heavy atom. The Hall–Kier alpha value is -4.92. The topological polar surface area (TPSA) is 127 Å². The summed E-state index contributed by atoms with van der Waals surface area (Å²) in [4.78, 5) is 25.5. The molecule has 3 aromatic heterocycles. The van der Waals surface area contributed by atoms with E-state index in [4.69, 9.17) is 5.73 Å². The number of aryl methyl sites for hydroxylation is 1. The number of nitrogens with two attached hydrogens (primary N) is 1. The second-order valence-corrected chi connectivity index (χ2v) is 7.98. The van der Waals surface area contributed by atoms with E-state index in [1.165, 1.54) is 22.7 Å². The largest absolute Gasteiger partial charge is 0.381 e. The number of carbonyl (C=O) groups excluding carboxylic acids is 1. The van der Waals surface area contributed by atoms with Gasteiger partial charge in [-0.05, 0) is 30.3 Å². The number of nitrogens with zero attached hydrogens (tertiary/aromatic N) is 6. The molecule has 0 atom stereocenters. The molecule has 0 saturated carbocycles. The predicted molar refractivity (Wildman–Crippen MR) is 126 cm³/mol. The van der Waals surface area contributed by atoms with Crippen molar-refractivity contribution < 1.29 is 18.0 Å². The average Bonchev–Trinajstić information content (AvgIpc) is 3.47. The number of fused-ring (bicyclic) bond motifs is 2. The van der Waals surface area contributed by atoms with Crippen LogP contribution in [0.1, 0.15) is 16.1 Å². The fourth-order valence-electron chi connectivity index (χ4n) is 3.95. The van der Waals surface area contributed by atoms with Crippen LogP contribution in [-0.4, -0.2) is 42.8 Å². The van der Waals surface area contributed by atoms with E-state index in [2.05, 4.69) is 20.3 Å². The number of amides is 1. The van der Waals surface area contributed by atoms with Crippen molar-refractivity contribution in [2.45, 2.75) is 6.43 Å². The van der Waals surface area contributed by atoms with Crippen molar-refractivity contribution in [3.8, 4) is 28.6 Å². The summed E-state index contributed by atoms with van der Waals surface area (Å²) in [7, 11) is 1.83. The van der Waals surface area contributed by atoms with Crippen molar-refractivity contribution in [3.05, 3.63) is 66.0 Å². The molecule has 3 N–H and O–H groups in total. The Kier molecular flexibility index (Phi) is 5.52. The number of benzene rings is 2. The first-order chi connectivity index (χ1) is 17.3. The highest BCUT2D eigenvalue weighted by Crippen LogP contribution is 2.35. The number of rotatable bonds is 5. The van der Waals surface area contributed by atoms with Crippen LogP contribution in [0.5, 0.6) is 0 Å².